The second kappa shape index (κ2) is 5.96. The predicted molar refractivity (Wildman–Crippen MR) is 67.7 cm³/mol. The first-order valence-electron chi connectivity index (χ1n) is 6.51. The summed E-state index contributed by atoms with van der Waals surface area (Å²) >= 11 is 0. The van der Waals surface area contributed by atoms with Crippen LogP contribution >= 0.6 is 0 Å². The molecule has 4 nitrogen and oxygen atoms in total. The Labute approximate surface area is 107 Å². The second-order valence-corrected chi connectivity index (χ2v) is 4.36. The molecule has 98 valence electrons. The molecule has 0 spiro atoms. The summed E-state index contributed by atoms with van der Waals surface area (Å²) in [4.78, 5) is 16.4. The Kier molecular flexibility index (Phi) is 4.31. The van der Waals surface area contributed by atoms with Gasteiger partial charge in [0.1, 0.15) is 0 Å². The van der Waals surface area contributed by atoms with E-state index in [4.69, 9.17) is 9.47 Å². The lowest BCUT2D eigenvalue weighted by atomic mass is 10.0. The number of nitrogens with zero attached hydrogens (tertiary/aromatic N) is 1. The van der Waals surface area contributed by atoms with Gasteiger partial charge in [0.25, 0.3) is 0 Å². The maximum atomic E-state index is 11.8. The number of hydrogen-bond donors (Lipinski definition) is 0. The Hall–Kier alpha value is -1.42. The van der Waals surface area contributed by atoms with Crippen molar-refractivity contribution in [2.45, 2.75) is 32.6 Å². The van der Waals surface area contributed by atoms with Gasteiger partial charge in [-0.15, -0.1) is 0 Å². The van der Waals surface area contributed by atoms with Crippen LogP contribution in [-0.2, 0) is 15.9 Å². The average Bonchev–Trinajstić information content (AvgIpc) is 2.92. The molecule has 1 aliphatic rings. The van der Waals surface area contributed by atoms with Crippen LogP contribution < -0.4 is 0 Å². The molecular formula is C14H19NO3. The van der Waals surface area contributed by atoms with Crippen molar-refractivity contribution >= 4 is 5.97 Å². The zero-order valence-electron chi connectivity index (χ0n) is 10.9. The van der Waals surface area contributed by atoms with E-state index in [9.17, 15) is 4.79 Å². The van der Waals surface area contributed by atoms with E-state index in [0.717, 1.165) is 37.4 Å². The van der Waals surface area contributed by atoms with E-state index >= 15 is 0 Å². The van der Waals surface area contributed by atoms with Crippen molar-refractivity contribution in [3.8, 4) is 0 Å². The number of esters is 1. The number of carbonyl (C=O) groups is 1. The fourth-order valence-corrected chi connectivity index (χ4v) is 2.18. The van der Waals surface area contributed by atoms with Crippen LogP contribution in [0.15, 0.2) is 12.1 Å². The van der Waals surface area contributed by atoms with Gasteiger partial charge in [0.2, 0.25) is 0 Å². The molecule has 0 aromatic carbocycles. The zero-order valence-corrected chi connectivity index (χ0v) is 10.9. The average molecular weight is 249 g/mol. The maximum absolute atomic E-state index is 11.8. The van der Waals surface area contributed by atoms with E-state index < -0.39 is 0 Å². The first-order valence-corrected chi connectivity index (χ1v) is 6.51. The fraction of sp³-hybridized carbons (Fsp3) is 0.571. The summed E-state index contributed by atoms with van der Waals surface area (Å²) in [7, 11) is 0. The standard InChI is InChI=1S/C14H19NO3/c1-3-12-11(14(16)18-4-2)5-6-13(15-12)10-7-8-17-9-10/h5-6,10H,3-4,7-9H2,1-2H3. The highest BCUT2D eigenvalue weighted by Gasteiger charge is 2.21. The highest BCUT2D eigenvalue weighted by atomic mass is 16.5. The largest absolute Gasteiger partial charge is 0.462 e. The molecule has 0 amide bonds. The molecule has 2 rings (SSSR count). The van der Waals surface area contributed by atoms with Crippen molar-refractivity contribution in [3.63, 3.8) is 0 Å². The molecule has 18 heavy (non-hydrogen) atoms. The van der Waals surface area contributed by atoms with Gasteiger partial charge in [-0.3, -0.25) is 4.98 Å². The van der Waals surface area contributed by atoms with Crippen molar-refractivity contribution < 1.29 is 14.3 Å². The molecule has 0 bridgehead atoms. The first kappa shape index (κ1) is 13.0. The summed E-state index contributed by atoms with van der Waals surface area (Å²) in [6.45, 7) is 5.73. The molecule has 2 heterocycles. The summed E-state index contributed by atoms with van der Waals surface area (Å²) in [5.74, 6) is 0.0858. The van der Waals surface area contributed by atoms with Crippen molar-refractivity contribution in [2.24, 2.45) is 0 Å². The minimum atomic E-state index is -0.281. The Bertz CT molecular complexity index is 425. The molecule has 1 aromatic rings. The van der Waals surface area contributed by atoms with Crippen molar-refractivity contribution in [2.75, 3.05) is 19.8 Å². The van der Waals surface area contributed by atoms with E-state index in [2.05, 4.69) is 4.98 Å². The SMILES string of the molecule is CCOC(=O)c1ccc(C2CCOC2)nc1CC. The third-order valence-electron chi connectivity index (χ3n) is 3.17. The molecule has 1 aromatic heterocycles. The lowest BCUT2D eigenvalue weighted by molar-refractivity contribution is 0.0524. The van der Waals surface area contributed by atoms with Crippen LogP contribution in [0.4, 0.5) is 0 Å². The molecule has 0 radical (unpaired) electrons. The maximum Gasteiger partial charge on any atom is 0.339 e. The van der Waals surface area contributed by atoms with Crippen LogP contribution in [0, 0.1) is 0 Å². The van der Waals surface area contributed by atoms with Gasteiger partial charge in [0.15, 0.2) is 0 Å². The number of carbonyl (C=O) groups excluding carboxylic acids is 1. The van der Waals surface area contributed by atoms with Crippen LogP contribution in [0.1, 0.15) is 47.9 Å². The minimum absolute atomic E-state index is 0.281. The van der Waals surface area contributed by atoms with Gasteiger partial charge in [0.05, 0.1) is 24.5 Å². The summed E-state index contributed by atoms with van der Waals surface area (Å²) in [5, 5.41) is 0. The van der Waals surface area contributed by atoms with Gasteiger partial charge in [-0.2, -0.15) is 0 Å². The molecule has 4 heteroatoms. The van der Waals surface area contributed by atoms with Gasteiger partial charge < -0.3 is 9.47 Å². The van der Waals surface area contributed by atoms with Crippen molar-refractivity contribution in [1.29, 1.82) is 0 Å². The van der Waals surface area contributed by atoms with Crippen LogP contribution in [0.2, 0.25) is 0 Å². The van der Waals surface area contributed by atoms with Gasteiger partial charge in [-0.25, -0.2) is 4.79 Å². The first-order chi connectivity index (χ1) is 8.76. The summed E-state index contributed by atoms with van der Waals surface area (Å²) in [5.41, 5.74) is 2.43. The molecular weight excluding hydrogens is 230 g/mol. The fourth-order valence-electron chi connectivity index (χ4n) is 2.18. The monoisotopic (exact) mass is 249 g/mol. The number of rotatable bonds is 4. The lowest BCUT2D eigenvalue weighted by Gasteiger charge is -2.11. The Balaban J connectivity index is 2.24. The third-order valence-corrected chi connectivity index (χ3v) is 3.17. The highest BCUT2D eigenvalue weighted by molar-refractivity contribution is 5.90. The molecule has 1 fully saturated rings. The van der Waals surface area contributed by atoms with Crippen LogP contribution in [0.25, 0.3) is 0 Å². The Morgan fingerprint density at radius 2 is 2.33 bits per heavy atom. The quantitative estimate of drug-likeness (QED) is 0.768. The van der Waals surface area contributed by atoms with E-state index in [1.807, 2.05) is 19.1 Å². The Morgan fingerprint density at radius 1 is 1.50 bits per heavy atom. The van der Waals surface area contributed by atoms with Gasteiger partial charge in [-0.05, 0) is 31.9 Å². The number of pyridine rings is 1. The van der Waals surface area contributed by atoms with Gasteiger partial charge >= 0.3 is 5.97 Å². The van der Waals surface area contributed by atoms with Gasteiger partial charge in [0, 0.05) is 18.2 Å². The zero-order chi connectivity index (χ0) is 13.0. The van der Waals surface area contributed by atoms with E-state index in [0.29, 0.717) is 18.1 Å². The third kappa shape index (κ3) is 2.70. The van der Waals surface area contributed by atoms with Crippen LogP contribution in [0.5, 0.6) is 0 Å². The van der Waals surface area contributed by atoms with E-state index in [1.165, 1.54) is 0 Å². The summed E-state index contributed by atoms with van der Waals surface area (Å²) < 4.78 is 10.4. The summed E-state index contributed by atoms with van der Waals surface area (Å²) in [6, 6.07) is 3.75. The summed E-state index contributed by atoms with van der Waals surface area (Å²) in [6.07, 6.45) is 1.74. The molecule has 0 aliphatic carbocycles. The minimum Gasteiger partial charge on any atom is -0.462 e. The Morgan fingerprint density at radius 3 is 2.94 bits per heavy atom. The lowest BCUT2D eigenvalue weighted by Crippen LogP contribution is -2.12. The topological polar surface area (TPSA) is 48.4 Å². The number of aromatic nitrogens is 1. The highest BCUT2D eigenvalue weighted by Crippen LogP contribution is 2.24. The predicted octanol–water partition coefficient (Wildman–Crippen LogP) is 2.32. The second-order valence-electron chi connectivity index (χ2n) is 4.36. The number of aryl methyl sites for hydroxylation is 1. The molecule has 1 aliphatic heterocycles. The van der Waals surface area contributed by atoms with Crippen LogP contribution in [-0.4, -0.2) is 30.8 Å². The normalized spacial score (nSPS) is 18.9. The van der Waals surface area contributed by atoms with Gasteiger partial charge in [-0.1, -0.05) is 6.92 Å². The van der Waals surface area contributed by atoms with E-state index in [1.54, 1.807) is 6.92 Å². The number of hydrogen-bond acceptors (Lipinski definition) is 4. The molecule has 0 N–H and O–H groups in total. The number of ether oxygens (including phenoxy) is 2. The van der Waals surface area contributed by atoms with E-state index in [-0.39, 0.29) is 5.97 Å². The molecule has 1 saturated heterocycles. The molecule has 1 atom stereocenters. The van der Waals surface area contributed by atoms with Crippen molar-refractivity contribution in [1.82, 2.24) is 4.98 Å². The van der Waals surface area contributed by atoms with Crippen LogP contribution in [0.3, 0.4) is 0 Å². The molecule has 0 saturated carbocycles. The smallest absolute Gasteiger partial charge is 0.339 e. The van der Waals surface area contributed by atoms with Crippen molar-refractivity contribution in [3.05, 3.63) is 29.1 Å². The molecule has 1 unspecified atom stereocenters.